The van der Waals surface area contributed by atoms with Crippen molar-refractivity contribution in [1.82, 2.24) is 20.0 Å². The molecule has 27 heavy (non-hydrogen) atoms. The van der Waals surface area contributed by atoms with Gasteiger partial charge in [0.1, 0.15) is 0 Å². The largest absolute Gasteiger partial charge is 0.381 e. The lowest BCUT2D eigenvalue weighted by atomic mass is 9.80. The molecule has 154 valence electrons. The van der Waals surface area contributed by atoms with Gasteiger partial charge in [0.05, 0.1) is 12.2 Å². The van der Waals surface area contributed by atoms with E-state index in [0.29, 0.717) is 5.41 Å². The number of nitrogens with zero attached hydrogens (tertiary/aromatic N) is 4. The molecule has 6 nitrogen and oxygen atoms in total. The Labute approximate surface area is 181 Å². The van der Waals surface area contributed by atoms with Gasteiger partial charge in [0, 0.05) is 51.2 Å². The Balaban J connectivity index is 0.00000261. The van der Waals surface area contributed by atoms with E-state index >= 15 is 0 Å². The number of likely N-dealkylation sites (tertiary alicyclic amines) is 1. The van der Waals surface area contributed by atoms with E-state index in [1.165, 1.54) is 36.2 Å². The first-order valence-corrected chi connectivity index (χ1v) is 10.3. The molecule has 3 heterocycles. The van der Waals surface area contributed by atoms with Crippen LogP contribution in [0.15, 0.2) is 4.99 Å². The van der Waals surface area contributed by atoms with Crippen LogP contribution in [0.4, 0.5) is 0 Å². The molecular formula is C20H36IN5O. The number of aliphatic imine (C=N–C) groups is 1. The molecule has 1 aromatic heterocycles. The van der Waals surface area contributed by atoms with Gasteiger partial charge in [0.2, 0.25) is 0 Å². The highest BCUT2D eigenvalue weighted by molar-refractivity contribution is 14.0. The standard InChI is InChI=1S/C20H35N5O.HI/c1-5-17-16(18(6-2)24(4)23-17)14-22-19(21-7-3)25-11-8-20(15-25)9-12-26-13-10-20;/h5-15H2,1-4H3,(H,21,22);1H. The zero-order valence-corrected chi connectivity index (χ0v) is 19.7. The van der Waals surface area contributed by atoms with Crippen molar-refractivity contribution in [3.8, 4) is 0 Å². The van der Waals surface area contributed by atoms with Gasteiger partial charge in [0.25, 0.3) is 0 Å². The highest BCUT2D eigenvalue weighted by Gasteiger charge is 2.40. The van der Waals surface area contributed by atoms with Gasteiger partial charge in [0.15, 0.2) is 5.96 Å². The van der Waals surface area contributed by atoms with Gasteiger partial charge in [-0.05, 0) is 44.4 Å². The summed E-state index contributed by atoms with van der Waals surface area (Å²) in [6.07, 6.45) is 5.59. The second-order valence-corrected chi connectivity index (χ2v) is 7.66. The quantitative estimate of drug-likeness (QED) is 0.393. The van der Waals surface area contributed by atoms with Crippen molar-refractivity contribution in [1.29, 1.82) is 0 Å². The van der Waals surface area contributed by atoms with Crippen LogP contribution < -0.4 is 5.32 Å². The molecule has 0 amide bonds. The molecule has 1 N–H and O–H groups in total. The van der Waals surface area contributed by atoms with E-state index in [9.17, 15) is 0 Å². The number of hydrogen-bond acceptors (Lipinski definition) is 3. The molecule has 0 radical (unpaired) electrons. The molecule has 1 aromatic rings. The van der Waals surface area contributed by atoms with E-state index in [2.05, 4.69) is 36.1 Å². The first-order chi connectivity index (χ1) is 12.6. The minimum Gasteiger partial charge on any atom is -0.381 e. The third-order valence-corrected chi connectivity index (χ3v) is 6.04. The average molecular weight is 489 g/mol. The minimum absolute atomic E-state index is 0. The van der Waals surface area contributed by atoms with E-state index in [1.807, 2.05) is 11.7 Å². The number of ether oxygens (including phenoxy) is 1. The maximum absolute atomic E-state index is 5.58. The van der Waals surface area contributed by atoms with Crippen molar-refractivity contribution in [3.63, 3.8) is 0 Å². The molecular weight excluding hydrogens is 453 g/mol. The lowest BCUT2D eigenvalue weighted by Crippen LogP contribution is -2.42. The topological polar surface area (TPSA) is 54.7 Å². The van der Waals surface area contributed by atoms with Crippen LogP contribution in [0.1, 0.15) is 57.0 Å². The molecule has 0 aliphatic carbocycles. The summed E-state index contributed by atoms with van der Waals surface area (Å²) in [6, 6.07) is 0. The van der Waals surface area contributed by atoms with Gasteiger partial charge >= 0.3 is 0 Å². The number of guanidine groups is 1. The normalized spacial score (nSPS) is 19.4. The van der Waals surface area contributed by atoms with Crippen molar-refractivity contribution in [2.24, 2.45) is 17.5 Å². The van der Waals surface area contributed by atoms with Crippen LogP contribution in [-0.4, -0.2) is 53.5 Å². The summed E-state index contributed by atoms with van der Waals surface area (Å²) in [4.78, 5) is 7.48. The summed E-state index contributed by atoms with van der Waals surface area (Å²) < 4.78 is 7.62. The van der Waals surface area contributed by atoms with Gasteiger partial charge in [-0.25, -0.2) is 4.99 Å². The second-order valence-electron chi connectivity index (χ2n) is 7.66. The van der Waals surface area contributed by atoms with Crippen molar-refractivity contribution >= 4 is 29.9 Å². The average Bonchev–Trinajstić information content (AvgIpc) is 3.19. The molecule has 3 rings (SSSR count). The van der Waals surface area contributed by atoms with Crippen LogP contribution >= 0.6 is 24.0 Å². The summed E-state index contributed by atoms with van der Waals surface area (Å²) in [6.45, 7) is 12.2. The fourth-order valence-electron chi connectivity index (χ4n) is 4.48. The molecule has 7 heteroatoms. The van der Waals surface area contributed by atoms with E-state index < -0.39 is 0 Å². The van der Waals surface area contributed by atoms with Gasteiger partial charge in [-0.1, -0.05) is 13.8 Å². The van der Waals surface area contributed by atoms with Crippen molar-refractivity contribution in [2.45, 2.75) is 59.4 Å². The number of hydrogen-bond donors (Lipinski definition) is 1. The number of rotatable bonds is 5. The predicted octanol–water partition coefficient (Wildman–Crippen LogP) is 3.13. The molecule has 0 saturated carbocycles. The maximum atomic E-state index is 5.58. The summed E-state index contributed by atoms with van der Waals surface area (Å²) >= 11 is 0. The minimum atomic E-state index is 0. The van der Waals surface area contributed by atoms with Crippen LogP contribution in [0.3, 0.4) is 0 Å². The lowest BCUT2D eigenvalue weighted by molar-refractivity contribution is 0.0217. The highest BCUT2D eigenvalue weighted by Crippen LogP contribution is 2.39. The molecule has 0 bridgehead atoms. The number of halogens is 1. The SMILES string of the molecule is CCNC(=NCc1c(CC)nn(C)c1CC)N1CCC2(CCOCC2)C1.I. The van der Waals surface area contributed by atoms with Gasteiger partial charge in [-0.3, -0.25) is 4.68 Å². The Morgan fingerprint density at radius 1 is 1.19 bits per heavy atom. The molecule has 2 aliphatic rings. The third-order valence-electron chi connectivity index (χ3n) is 6.04. The monoisotopic (exact) mass is 489 g/mol. The second kappa shape index (κ2) is 10.1. The first kappa shape index (κ1) is 22.5. The Morgan fingerprint density at radius 2 is 1.93 bits per heavy atom. The predicted molar refractivity (Wildman–Crippen MR) is 121 cm³/mol. The van der Waals surface area contributed by atoms with Crippen molar-refractivity contribution in [3.05, 3.63) is 17.0 Å². The smallest absolute Gasteiger partial charge is 0.194 e. The van der Waals surface area contributed by atoms with E-state index in [1.54, 1.807) is 0 Å². The summed E-state index contributed by atoms with van der Waals surface area (Å²) in [5.41, 5.74) is 4.24. The fraction of sp³-hybridized carbons (Fsp3) is 0.800. The van der Waals surface area contributed by atoms with Gasteiger partial charge < -0.3 is 15.0 Å². The number of nitrogens with one attached hydrogen (secondary N) is 1. The zero-order chi connectivity index (χ0) is 18.6. The summed E-state index contributed by atoms with van der Waals surface area (Å²) in [7, 11) is 2.05. The molecule has 0 aromatic carbocycles. The maximum Gasteiger partial charge on any atom is 0.194 e. The lowest BCUT2D eigenvalue weighted by Gasteiger charge is -2.33. The van der Waals surface area contributed by atoms with Gasteiger partial charge in [-0.15, -0.1) is 24.0 Å². The molecule has 1 spiro atoms. The Morgan fingerprint density at radius 3 is 2.56 bits per heavy atom. The molecule has 0 atom stereocenters. The summed E-state index contributed by atoms with van der Waals surface area (Å²) in [5.74, 6) is 1.06. The van der Waals surface area contributed by atoms with Crippen molar-refractivity contribution < 1.29 is 4.74 Å². The van der Waals surface area contributed by atoms with Crippen LogP contribution in [0.5, 0.6) is 0 Å². The fourth-order valence-corrected chi connectivity index (χ4v) is 4.48. The Bertz CT molecular complexity index is 637. The molecule has 2 aliphatic heterocycles. The van der Waals surface area contributed by atoms with Crippen LogP contribution in [0, 0.1) is 5.41 Å². The Hall–Kier alpha value is -0.830. The number of aromatic nitrogens is 2. The highest BCUT2D eigenvalue weighted by atomic mass is 127. The van der Waals surface area contributed by atoms with Crippen LogP contribution in [-0.2, 0) is 31.2 Å². The van der Waals surface area contributed by atoms with Crippen LogP contribution in [0.2, 0.25) is 0 Å². The molecule has 2 fully saturated rings. The zero-order valence-electron chi connectivity index (χ0n) is 17.4. The summed E-state index contributed by atoms with van der Waals surface area (Å²) in [5, 5.41) is 8.21. The van der Waals surface area contributed by atoms with Crippen molar-refractivity contribution in [2.75, 3.05) is 32.8 Å². The Kier molecular flexibility index (Phi) is 8.39. The number of aryl methyl sites for hydroxylation is 2. The molecule has 0 unspecified atom stereocenters. The first-order valence-electron chi connectivity index (χ1n) is 10.3. The third kappa shape index (κ3) is 4.96. The van der Waals surface area contributed by atoms with E-state index in [4.69, 9.17) is 9.73 Å². The van der Waals surface area contributed by atoms with Crippen LogP contribution in [0.25, 0.3) is 0 Å². The van der Waals surface area contributed by atoms with Gasteiger partial charge in [-0.2, -0.15) is 5.10 Å². The van der Waals surface area contributed by atoms with E-state index in [-0.39, 0.29) is 24.0 Å². The van der Waals surface area contributed by atoms with E-state index in [0.717, 1.165) is 58.2 Å². The molecule has 2 saturated heterocycles.